The molecule has 7 heteroatoms. The van der Waals surface area contributed by atoms with E-state index in [1.165, 1.54) is 0 Å². The fraction of sp³-hybridized carbons (Fsp3) is 0.727. The molecule has 18 heavy (non-hydrogen) atoms. The fourth-order valence-electron chi connectivity index (χ4n) is 1.93. The van der Waals surface area contributed by atoms with Gasteiger partial charge in [0.25, 0.3) is 0 Å². The molecule has 1 aromatic rings. The summed E-state index contributed by atoms with van der Waals surface area (Å²) in [4.78, 5) is 0. The zero-order chi connectivity index (χ0) is 13.5. The Morgan fingerprint density at radius 2 is 2.11 bits per heavy atom. The molecule has 1 aliphatic heterocycles. The maximum absolute atomic E-state index is 12.9. The molecular formula is C11H15F3N2O2. The lowest BCUT2D eigenvalue weighted by Gasteiger charge is -2.17. The van der Waals surface area contributed by atoms with Crippen LogP contribution in [-0.2, 0) is 10.9 Å². The normalized spacial score (nSPS) is 25.1. The van der Waals surface area contributed by atoms with Gasteiger partial charge in [-0.25, -0.2) is 0 Å². The average molecular weight is 264 g/mol. The molecule has 2 unspecified atom stereocenters. The average Bonchev–Trinajstić information content (AvgIpc) is 2.81. The standard InChI is InChI=1S/C11H15F3N2O2/c1-6(2)7-3-10(11(12,13)14)16(15-7)8-4-18-5-9(8)17/h3,6,8-9,17H,4-5H2,1-2H3. The van der Waals surface area contributed by atoms with E-state index in [0.29, 0.717) is 5.69 Å². The van der Waals surface area contributed by atoms with Crippen molar-refractivity contribution in [2.45, 2.75) is 38.1 Å². The number of aliphatic hydroxyl groups is 1. The second-order valence-electron chi connectivity index (χ2n) is 4.72. The molecule has 0 radical (unpaired) electrons. The summed E-state index contributed by atoms with van der Waals surface area (Å²) in [7, 11) is 0. The number of nitrogens with zero attached hydrogens (tertiary/aromatic N) is 2. The predicted octanol–water partition coefficient (Wildman–Crippen LogP) is 1.96. The Morgan fingerprint density at radius 3 is 2.56 bits per heavy atom. The third kappa shape index (κ3) is 2.37. The molecule has 0 saturated carbocycles. The first-order chi connectivity index (χ1) is 8.30. The summed E-state index contributed by atoms with van der Waals surface area (Å²) in [6.45, 7) is 3.63. The van der Waals surface area contributed by atoms with Crippen LogP contribution >= 0.6 is 0 Å². The zero-order valence-corrected chi connectivity index (χ0v) is 10.1. The van der Waals surface area contributed by atoms with Crippen molar-refractivity contribution in [2.75, 3.05) is 13.2 Å². The van der Waals surface area contributed by atoms with Gasteiger partial charge in [-0.15, -0.1) is 0 Å². The predicted molar refractivity (Wildman–Crippen MR) is 57.2 cm³/mol. The van der Waals surface area contributed by atoms with Crippen molar-refractivity contribution in [3.05, 3.63) is 17.5 Å². The first-order valence-corrected chi connectivity index (χ1v) is 5.73. The molecule has 1 N–H and O–H groups in total. The van der Waals surface area contributed by atoms with Crippen LogP contribution in [0.3, 0.4) is 0 Å². The maximum atomic E-state index is 12.9. The molecule has 2 rings (SSSR count). The topological polar surface area (TPSA) is 47.3 Å². The largest absolute Gasteiger partial charge is 0.433 e. The van der Waals surface area contributed by atoms with Crippen LogP contribution in [0.1, 0.15) is 37.2 Å². The van der Waals surface area contributed by atoms with Gasteiger partial charge in [-0.05, 0) is 12.0 Å². The summed E-state index contributed by atoms with van der Waals surface area (Å²) in [5.41, 5.74) is -0.470. The van der Waals surface area contributed by atoms with E-state index in [9.17, 15) is 18.3 Å². The van der Waals surface area contributed by atoms with Crippen LogP contribution in [0.25, 0.3) is 0 Å². The third-order valence-corrected chi connectivity index (χ3v) is 2.97. The van der Waals surface area contributed by atoms with Crippen LogP contribution in [-0.4, -0.2) is 34.2 Å². The van der Waals surface area contributed by atoms with Crippen molar-refractivity contribution in [2.24, 2.45) is 0 Å². The smallest absolute Gasteiger partial charge is 0.388 e. The lowest BCUT2D eigenvalue weighted by Crippen LogP contribution is -2.27. The monoisotopic (exact) mass is 264 g/mol. The van der Waals surface area contributed by atoms with E-state index in [-0.39, 0.29) is 19.1 Å². The molecule has 0 spiro atoms. The van der Waals surface area contributed by atoms with Gasteiger partial charge in [-0.3, -0.25) is 4.68 Å². The number of alkyl halides is 3. The van der Waals surface area contributed by atoms with E-state index in [0.717, 1.165) is 10.7 Å². The van der Waals surface area contributed by atoms with E-state index in [4.69, 9.17) is 4.74 Å². The van der Waals surface area contributed by atoms with E-state index >= 15 is 0 Å². The highest BCUT2D eigenvalue weighted by atomic mass is 19.4. The summed E-state index contributed by atoms with van der Waals surface area (Å²) in [6, 6.07) is 0.268. The Kier molecular flexibility index (Phi) is 3.37. The molecule has 1 aromatic heterocycles. The van der Waals surface area contributed by atoms with Crippen molar-refractivity contribution in [3.63, 3.8) is 0 Å². The van der Waals surface area contributed by atoms with E-state index < -0.39 is 24.0 Å². The van der Waals surface area contributed by atoms with Gasteiger partial charge in [-0.1, -0.05) is 13.8 Å². The second-order valence-corrected chi connectivity index (χ2v) is 4.72. The lowest BCUT2D eigenvalue weighted by molar-refractivity contribution is -0.145. The number of hydrogen-bond acceptors (Lipinski definition) is 3. The third-order valence-electron chi connectivity index (χ3n) is 2.97. The Labute approximate surface area is 102 Å². The van der Waals surface area contributed by atoms with Gasteiger partial charge in [0.05, 0.1) is 18.9 Å². The molecule has 102 valence electrons. The van der Waals surface area contributed by atoms with Crippen LogP contribution in [0.2, 0.25) is 0 Å². The molecular weight excluding hydrogens is 249 g/mol. The number of aromatic nitrogens is 2. The molecule has 1 fully saturated rings. The molecule has 0 aromatic carbocycles. The number of halogens is 3. The number of ether oxygens (including phenoxy) is 1. The van der Waals surface area contributed by atoms with E-state index in [1.807, 2.05) is 0 Å². The minimum atomic E-state index is -4.48. The Balaban J connectivity index is 2.44. The quantitative estimate of drug-likeness (QED) is 0.888. The lowest BCUT2D eigenvalue weighted by atomic mass is 10.1. The van der Waals surface area contributed by atoms with E-state index in [2.05, 4.69) is 5.10 Å². The molecule has 0 aliphatic carbocycles. The van der Waals surface area contributed by atoms with Crippen LogP contribution in [0, 0.1) is 0 Å². The van der Waals surface area contributed by atoms with Crippen molar-refractivity contribution in [3.8, 4) is 0 Å². The zero-order valence-electron chi connectivity index (χ0n) is 10.1. The highest BCUT2D eigenvalue weighted by Gasteiger charge is 2.40. The van der Waals surface area contributed by atoms with Crippen LogP contribution in [0.5, 0.6) is 0 Å². The van der Waals surface area contributed by atoms with Gasteiger partial charge in [-0.2, -0.15) is 18.3 Å². The molecule has 1 aliphatic rings. The Hall–Kier alpha value is -1.08. The molecule has 4 nitrogen and oxygen atoms in total. The van der Waals surface area contributed by atoms with Gasteiger partial charge in [0, 0.05) is 0 Å². The first kappa shape index (κ1) is 13.4. The second kappa shape index (κ2) is 4.55. The minimum Gasteiger partial charge on any atom is -0.388 e. The molecule has 1 saturated heterocycles. The molecule has 2 atom stereocenters. The van der Waals surface area contributed by atoms with Gasteiger partial charge < -0.3 is 9.84 Å². The van der Waals surface area contributed by atoms with Crippen molar-refractivity contribution in [1.29, 1.82) is 0 Å². The summed E-state index contributed by atoms with van der Waals surface area (Å²) >= 11 is 0. The minimum absolute atomic E-state index is 0.0405. The van der Waals surface area contributed by atoms with Crippen LogP contribution in [0.4, 0.5) is 13.2 Å². The van der Waals surface area contributed by atoms with Crippen molar-refractivity contribution < 1.29 is 23.0 Å². The Bertz CT molecular complexity index is 428. The highest BCUT2D eigenvalue weighted by Crippen LogP contribution is 2.34. The SMILES string of the molecule is CC(C)c1cc(C(F)(F)F)n(C2COCC2O)n1. The Morgan fingerprint density at radius 1 is 1.44 bits per heavy atom. The fourth-order valence-corrected chi connectivity index (χ4v) is 1.93. The molecule has 2 heterocycles. The summed E-state index contributed by atoms with van der Waals surface area (Å²) < 4.78 is 44.6. The van der Waals surface area contributed by atoms with Crippen LogP contribution < -0.4 is 0 Å². The summed E-state index contributed by atoms with van der Waals surface area (Å²) in [5.74, 6) is -0.105. The number of aliphatic hydroxyl groups excluding tert-OH is 1. The summed E-state index contributed by atoms with van der Waals surface area (Å²) in [6.07, 6.45) is -5.44. The van der Waals surface area contributed by atoms with Crippen molar-refractivity contribution in [1.82, 2.24) is 9.78 Å². The number of rotatable bonds is 2. The highest BCUT2D eigenvalue weighted by molar-refractivity contribution is 5.17. The maximum Gasteiger partial charge on any atom is 0.433 e. The van der Waals surface area contributed by atoms with E-state index in [1.54, 1.807) is 13.8 Å². The van der Waals surface area contributed by atoms with Gasteiger partial charge in [0.1, 0.15) is 17.8 Å². The molecule has 0 bridgehead atoms. The number of hydrogen-bond donors (Lipinski definition) is 1. The summed E-state index contributed by atoms with van der Waals surface area (Å²) in [5, 5.41) is 13.6. The van der Waals surface area contributed by atoms with Crippen LogP contribution in [0.15, 0.2) is 6.07 Å². The molecule has 0 amide bonds. The van der Waals surface area contributed by atoms with Gasteiger partial charge in [0.2, 0.25) is 0 Å². The van der Waals surface area contributed by atoms with Gasteiger partial charge in [0.15, 0.2) is 0 Å². The van der Waals surface area contributed by atoms with Crippen molar-refractivity contribution >= 4 is 0 Å². The first-order valence-electron chi connectivity index (χ1n) is 5.73. The van der Waals surface area contributed by atoms with Gasteiger partial charge >= 0.3 is 6.18 Å².